The van der Waals surface area contributed by atoms with E-state index in [0.717, 1.165) is 18.4 Å². The summed E-state index contributed by atoms with van der Waals surface area (Å²) in [6.45, 7) is 2.64. The zero-order valence-corrected chi connectivity index (χ0v) is 13.0. The van der Waals surface area contributed by atoms with Crippen LogP contribution in [0, 0.1) is 0 Å². The van der Waals surface area contributed by atoms with Gasteiger partial charge in [-0.3, -0.25) is 4.79 Å². The molecule has 2 atom stereocenters. The van der Waals surface area contributed by atoms with E-state index in [1.807, 2.05) is 44.3 Å². The van der Waals surface area contributed by atoms with Crippen LogP contribution in [0.3, 0.4) is 0 Å². The molecule has 1 aliphatic rings. The molecule has 0 heterocycles. The number of carbonyl (C=O) groups is 1. The van der Waals surface area contributed by atoms with Crippen LogP contribution in [0.5, 0.6) is 0 Å². The van der Waals surface area contributed by atoms with Crippen molar-refractivity contribution >= 4 is 5.91 Å². The first-order valence-electron chi connectivity index (χ1n) is 7.86. The fraction of sp³-hybridized carbons (Fsp3) is 0.588. The zero-order valence-electron chi connectivity index (χ0n) is 13.0. The maximum atomic E-state index is 12.5. The Balaban J connectivity index is 2.02. The fourth-order valence-corrected chi connectivity index (χ4v) is 2.58. The van der Waals surface area contributed by atoms with E-state index in [-0.39, 0.29) is 18.1 Å². The number of rotatable bonds is 7. The number of carbonyl (C=O) groups excluding carboxylic acids is 1. The van der Waals surface area contributed by atoms with Crippen LogP contribution < -0.4 is 10.6 Å². The average molecular weight is 290 g/mol. The van der Waals surface area contributed by atoms with Crippen LogP contribution in [0.15, 0.2) is 30.3 Å². The standard InChI is InChI=1S/C17H26N2O2/c1-13(18-2)12-19-17(20)16(14-8-4-3-5-9-14)21-15-10-6-7-11-15/h3-5,8-9,13,15-16,18H,6-7,10-12H2,1-2H3,(H,19,20). The molecule has 2 unspecified atom stereocenters. The molecule has 1 aliphatic carbocycles. The van der Waals surface area contributed by atoms with Crippen molar-refractivity contribution < 1.29 is 9.53 Å². The quantitative estimate of drug-likeness (QED) is 0.811. The number of hydrogen-bond acceptors (Lipinski definition) is 3. The van der Waals surface area contributed by atoms with E-state index in [9.17, 15) is 4.79 Å². The summed E-state index contributed by atoms with van der Waals surface area (Å²) in [6.07, 6.45) is 4.23. The third-order valence-corrected chi connectivity index (χ3v) is 4.05. The van der Waals surface area contributed by atoms with Gasteiger partial charge in [-0.15, -0.1) is 0 Å². The summed E-state index contributed by atoms with van der Waals surface area (Å²) in [5.41, 5.74) is 0.930. The highest BCUT2D eigenvalue weighted by Crippen LogP contribution is 2.28. The van der Waals surface area contributed by atoms with E-state index in [4.69, 9.17) is 4.74 Å². The van der Waals surface area contributed by atoms with Crippen molar-refractivity contribution in [3.63, 3.8) is 0 Å². The summed E-state index contributed by atoms with van der Waals surface area (Å²) >= 11 is 0. The van der Waals surface area contributed by atoms with Crippen molar-refractivity contribution in [2.24, 2.45) is 0 Å². The van der Waals surface area contributed by atoms with Crippen molar-refractivity contribution in [2.75, 3.05) is 13.6 Å². The molecule has 21 heavy (non-hydrogen) atoms. The largest absolute Gasteiger partial charge is 0.360 e. The van der Waals surface area contributed by atoms with Crippen LogP contribution in [0.25, 0.3) is 0 Å². The summed E-state index contributed by atoms with van der Waals surface area (Å²) in [4.78, 5) is 12.5. The molecule has 1 aromatic carbocycles. The van der Waals surface area contributed by atoms with Gasteiger partial charge in [0.1, 0.15) is 0 Å². The molecule has 1 aromatic rings. The van der Waals surface area contributed by atoms with Gasteiger partial charge in [-0.1, -0.05) is 43.2 Å². The number of benzene rings is 1. The minimum atomic E-state index is -0.502. The second kappa shape index (κ2) is 8.15. The molecule has 0 bridgehead atoms. The average Bonchev–Trinajstić information content (AvgIpc) is 3.04. The van der Waals surface area contributed by atoms with Crippen LogP contribution in [0.1, 0.15) is 44.3 Å². The van der Waals surface area contributed by atoms with Crippen molar-refractivity contribution in [3.8, 4) is 0 Å². The summed E-state index contributed by atoms with van der Waals surface area (Å²) in [5.74, 6) is -0.0461. The predicted molar refractivity (Wildman–Crippen MR) is 84.1 cm³/mol. The van der Waals surface area contributed by atoms with Gasteiger partial charge in [0, 0.05) is 12.6 Å². The van der Waals surface area contributed by atoms with Crippen molar-refractivity contribution in [2.45, 2.75) is 50.9 Å². The van der Waals surface area contributed by atoms with Crippen molar-refractivity contribution in [3.05, 3.63) is 35.9 Å². The molecule has 1 saturated carbocycles. The van der Waals surface area contributed by atoms with Gasteiger partial charge in [0.2, 0.25) is 0 Å². The summed E-state index contributed by atoms with van der Waals surface area (Å²) in [6, 6.07) is 10.0. The van der Waals surface area contributed by atoms with Gasteiger partial charge < -0.3 is 15.4 Å². The lowest BCUT2D eigenvalue weighted by Crippen LogP contribution is -2.40. The molecule has 0 aromatic heterocycles. The number of ether oxygens (including phenoxy) is 1. The molecule has 4 nitrogen and oxygen atoms in total. The Kier molecular flexibility index (Phi) is 6.21. The molecule has 0 saturated heterocycles. The van der Waals surface area contributed by atoms with Gasteiger partial charge >= 0.3 is 0 Å². The Bertz CT molecular complexity index is 430. The Hall–Kier alpha value is -1.39. The maximum absolute atomic E-state index is 12.5. The van der Waals surface area contributed by atoms with Gasteiger partial charge in [-0.05, 0) is 32.4 Å². The Morgan fingerprint density at radius 2 is 1.95 bits per heavy atom. The normalized spacial score (nSPS) is 18.4. The zero-order chi connectivity index (χ0) is 15.1. The number of hydrogen-bond donors (Lipinski definition) is 2. The Morgan fingerprint density at radius 3 is 2.57 bits per heavy atom. The minimum Gasteiger partial charge on any atom is -0.360 e. The topological polar surface area (TPSA) is 50.4 Å². The van der Waals surface area contributed by atoms with Crippen LogP contribution in [0.4, 0.5) is 0 Å². The Labute approximate surface area is 127 Å². The molecule has 4 heteroatoms. The molecule has 1 amide bonds. The molecule has 2 N–H and O–H groups in total. The van der Waals surface area contributed by atoms with Gasteiger partial charge in [-0.25, -0.2) is 0 Å². The molecular weight excluding hydrogens is 264 g/mol. The van der Waals surface area contributed by atoms with E-state index in [1.54, 1.807) is 0 Å². The first kappa shape index (κ1) is 16.0. The first-order valence-corrected chi connectivity index (χ1v) is 7.86. The summed E-state index contributed by atoms with van der Waals surface area (Å²) in [7, 11) is 1.89. The van der Waals surface area contributed by atoms with Crippen molar-refractivity contribution in [1.82, 2.24) is 10.6 Å². The highest BCUT2D eigenvalue weighted by Gasteiger charge is 2.27. The lowest BCUT2D eigenvalue weighted by Gasteiger charge is -2.23. The number of likely N-dealkylation sites (N-methyl/N-ethyl adjacent to an activating group) is 1. The highest BCUT2D eigenvalue weighted by atomic mass is 16.5. The molecule has 0 aliphatic heterocycles. The van der Waals surface area contributed by atoms with Crippen LogP contribution >= 0.6 is 0 Å². The molecular formula is C17H26N2O2. The smallest absolute Gasteiger partial charge is 0.253 e. The van der Waals surface area contributed by atoms with E-state index < -0.39 is 6.10 Å². The number of amides is 1. The third kappa shape index (κ3) is 4.83. The summed E-state index contributed by atoms with van der Waals surface area (Å²) < 4.78 is 6.09. The van der Waals surface area contributed by atoms with Gasteiger partial charge in [0.05, 0.1) is 6.10 Å². The molecule has 1 fully saturated rings. The van der Waals surface area contributed by atoms with Gasteiger partial charge in [0.15, 0.2) is 6.10 Å². The predicted octanol–water partition coefficient (Wildman–Crippen LogP) is 2.41. The molecule has 0 spiro atoms. The van der Waals surface area contributed by atoms with E-state index in [2.05, 4.69) is 10.6 Å². The van der Waals surface area contributed by atoms with Crippen LogP contribution in [-0.4, -0.2) is 31.6 Å². The fourth-order valence-electron chi connectivity index (χ4n) is 2.58. The Morgan fingerprint density at radius 1 is 1.29 bits per heavy atom. The second-order valence-electron chi connectivity index (χ2n) is 5.77. The first-order chi connectivity index (χ1) is 10.2. The monoisotopic (exact) mass is 290 g/mol. The second-order valence-corrected chi connectivity index (χ2v) is 5.77. The lowest BCUT2D eigenvalue weighted by molar-refractivity contribution is -0.137. The highest BCUT2D eigenvalue weighted by molar-refractivity contribution is 5.82. The molecule has 2 rings (SSSR count). The SMILES string of the molecule is CNC(C)CNC(=O)C(OC1CCCC1)c1ccccc1. The molecule has 0 radical (unpaired) electrons. The summed E-state index contributed by atoms with van der Waals surface area (Å²) in [5, 5.41) is 6.10. The minimum absolute atomic E-state index is 0.0461. The third-order valence-electron chi connectivity index (χ3n) is 4.05. The van der Waals surface area contributed by atoms with Crippen molar-refractivity contribution in [1.29, 1.82) is 0 Å². The van der Waals surface area contributed by atoms with Crippen LogP contribution in [0.2, 0.25) is 0 Å². The lowest BCUT2D eigenvalue weighted by atomic mass is 10.1. The van der Waals surface area contributed by atoms with Crippen LogP contribution in [-0.2, 0) is 9.53 Å². The van der Waals surface area contributed by atoms with E-state index >= 15 is 0 Å². The molecule has 116 valence electrons. The van der Waals surface area contributed by atoms with E-state index in [1.165, 1.54) is 12.8 Å². The van der Waals surface area contributed by atoms with E-state index in [0.29, 0.717) is 6.54 Å². The number of nitrogens with one attached hydrogen (secondary N) is 2. The van der Waals surface area contributed by atoms with Gasteiger partial charge in [-0.2, -0.15) is 0 Å². The van der Waals surface area contributed by atoms with Gasteiger partial charge in [0.25, 0.3) is 5.91 Å². The maximum Gasteiger partial charge on any atom is 0.253 e.